The van der Waals surface area contributed by atoms with Gasteiger partial charge in [-0.05, 0) is 42.0 Å². The predicted octanol–water partition coefficient (Wildman–Crippen LogP) is 3.60. The number of benzene rings is 2. The predicted molar refractivity (Wildman–Crippen MR) is 118 cm³/mol. The van der Waals surface area contributed by atoms with Crippen molar-refractivity contribution in [3.8, 4) is 0 Å². The van der Waals surface area contributed by atoms with E-state index in [1.165, 1.54) is 0 Å². The van der Waals surface area contributed by atoms with Crippen LogP contribution in [0.1, 0.15) is 37.8 Å². The number of ether oxygens (including phenoxy) is 1. The van der Waals surface area contributed by atoms with E-state index in [2.05, 4.69) is 16.0 Å². The van der Waals surface area contributed by atoms with E-state index in [4.69, 9.17) is 4.74 Å². The van der Waals surface area contributed by atoms with Crippen LogP contribution >= 0.6 is 0 Å². The van der Waals surface area contributed by atoms with E-state index >= 15 is 0 Å². The number of nitrogens with one attached hydrogen (secondary N) is 3. The second-order valence-corrected chi connectivity index (χ2v) is 8.11. The van der Waals surface area contributed by atoms with Crippen LogP contribution in [0.2, 0.25) is 0 Å². The second kappa shape index (κ2) is 10.6. The summed E-state index contributed by atoms with van der Waals surface area (Å²) in [6, 6.07) is 16.0. The third-order valence-electron chi connectivity index (χ3n) is 5.07. The van der Waals surface area contributed by atoms with Gasteiger partial charge >= 0.3 is 6.09 Å². The van der Waals surface area contributed by atoms with Crippen LogP contribution < -0.4 is 16.0 Å². The first kappa shape index (κ1) is 22.3. The zero-order valence-corrected chi connectivity index (χ0v) is 17.9. The van der Waals surface area contributed by atoms with Crippen molar-refractivity contribution in [2.75, 3.05) is 5.32 Å². The highest BCUT2D eigenvalue weighted by Crippen LogP contribution is 2.30. The fourth-order valence-electron chi connectivity index (χ4n) is 3.02. The van der Waals surface area contributed by atoms with Gasteiger partial charge in [-0.15, -0.1) is 0 Å². The van der Waals surface area contributed by atoms with Crippen molar-refractivity contribution in [1.82, 2.24) is 10.6 Å². The van der Waals surface area contributed by atoms with Gasteiger partial charge in [-0.2, -0.15) is 0 Å². The summed E-state index contributed by atoms with van der Waals surface area (Å²) in [4.78, 5) is 36.6. The molecule has 1 saturated carbocycles. The number of carbonyl (C=O) groups is 3. The van der Waals surface area contributed by atoms with Crippen molar-refractivity contribution < 1.29 is 19.1 Å². The summed E-state index contributed by atoms with van der Waals surface area (Å²) < 4.78 is 5.22. The van der Waals surface area contributed by atoms with E-state index in [9.17, 15) is 14.4 Å². The average Bonchev–Trinajstić information content (AvgIpc) is 3.61. The summed E-state index contributed by atoms with van der Waals surface area (Å²) in [6.07, 6.45) is 1.29. The van der Waals surface area contributed by atoms with Crippen molar-refractivity contribution >= 4 is 23.6 Å². The molecule has 0 bridgehead atoms. The fraction of sp³-hybridized carbons (Fsp3) is 0.375. The van der Waals surface area contributed by atoms with Gasteiger partial charge in [-0.3, -0.25) is 9.59 Å². The maximum absolute atomic E-state index is 12.6. The highest BCUT2D eigenvalue weighted by atomic mass is 16.5. The normalized spacial score (nSPS) is 13.9. The molecule has 0 aromatic heterocycles. The van der Waals surface area contributed by atoms with E-state index in [0.29, 0.717) is 6.54 Å². The van der Waals surface area contributed by atoms with Crippen LogP contribution in [-0.4, -0.2) is 23.9 Å². The minimum Gasteiger partial charge on any atom is -0.445 e. The van der Waals surface area contributed by atoms with Gasteiger partial charge in [0.05, 0.1) is 0 Å². The molecule has 7 heteroatoms. The quantitative estimate of drug-likeness (QED) is 0.574. The fourth-order valence-corrected chi connectivity index (χ4v) is 3.02. The van der Waals surface area contributed by atoms with Gasteiger partial charge in [-0.25, -0.2) is 4.79 Å². The van der Waals surface area contributed by atoms with Crippen LogP contribution in [0.5, 0.6) is 0 Å². The van der Waals surface area contributed by atoms with Crippen LogP contribution in [0.15, 0.2) is 54.6 Å². The molecule has 1 unspecified atom stereocenters. The minimum atomic E-state index is -0.708. The Morgan fingerprint density at radius 1 is 0.968 bits per heavy atom. The van der Waals surface area contributed by atoms with Crippen LogP contribution in [-0.2, 0) is 27.5 Å². The second-order valence-electron chi connectivity index (χ2n) is 8.11. The molecule has 3 amide bonds. The molecule has 164 valence electrons. The first-order valence-electron chi connectivity index (χ1n) is 10.6. The van der Waals surface area contributed by atoms with Crippen molar-refractivity contribution in [3.63, 3.8) is 0 Å². The molecule has 7 nitrogen and oxygen atoms in total. The summed E-state index contributed by atoms with van der Waals surface area (Å²) in [5, 5.41) is 8.39. The van der Waals surface area contributed by atoms with Gasteiger partial charge in [0.1, 0.15) is 12.6 Å². The standard InChI is InChI=1S/C24H29N3O4/c1-16(2)21(27-24(30)31-15-18-6-4-3-5-7-18)23(29)25-14-17-8-12-20(13-9-17)26-22(28)19-10-11-19/h3-9,12-13,16,19,21H,10-11,14-15H2,1-2H3,(H,25,29)(H,26,28)(H,27,30). The Bertz CT molecular complexity index is 893. The van der Waals surface area contributed by atoms with Crippen molar-refractivity contribution in [2.24, 2.45) is 11.8 Å². The molecule has 3 N–H and O–H groups in total. The lowest BCUT2D eigenvalue weighted by atomic mass is 10.0. The molecule has 2 aromatic carbocycles. The third-order valence-corrected chi connectivity index (χ3v) is 5.07. The topological polar surface area (TPSA) is 96.5 Å². The molecule has 0 heterocycles. The lowest BCUT2D eigenvalue weighted by molar-refractivity contribution is -0.124. The highest BCUT2D eigenvalue weighted by Gasteiger charge is 2.29. The summed E-state index contributed by atoms with van der Waals surface area (Å²) in [5.41, 5.74) is 2.52. The summed E-state index contributed by atoms with van der Waals surface area (Å²) in [6.45, 7) is 4.18. The van der Waals surface area contributed by atoms with E-state index < -0.39 is 12.1 Å². The molecule has 0 spiro atoms. The minimum absolute atomic E-state index is 0.0612. The smallest absolute Gasteiger partial charge is 0.408 e. The van der Waals surface area contributed by atoms with Crippen molar-refractivity contribution in [3.05, 3.63) is 65.7 Å². The molecule has 3 rings (SSSR count). The van der Waals surface area contributed by atoms with E-state index in [1.807, 2.05) is 68.4 Å². The van der Waals surface area contributed by atoms with Crippen LogP contribution in [0.4, 0.5) is 10.5 Å². The van der Waals surface area contributed by atoms with E-state index in [0.717, 1.165) is 29.7 Å². The summed E-state index contributed by atoms with van der Waals surface area (Å²) >= 11 is 0. The summed E-state index contributed by atoms with van der Waals surface area (Å²) in [5.74, 6) is -0.174. The van der Waals surface area contributed by atoms with E-state index in [-0.39, 0.29) is 30.3 Å². The van der Waals surface area contributed by atoms with E-state index in [1.54, 1.807) is 0 Å². The van der Waals surface area contributed by atoms with Gasteiger partial charge in [0.15, 0.2) is 0 Å². The van der Waals surface area contributed by atoms with Gasteiger partial charge in [0, 0.05) is 18.2 Å². The maximum atomic E-state index is 12.6. The number of alkyl carbamates (subject to hydrolysis) is 1. The number of hydrogen-bond acceptors (Lipinski definition) is 4. The molecule has 1 aliphatic carbocycles. The molecule has 0 radical (unpaired) electrons. The maximum Gasteiger partial charge on any atom is 0.408 e. The Balaban J connectivity index is 1.46. The first-order chi connectivity index (χ1) is 14.9. The lowest BCUT2D eigenvalue weighted by Gasteiger charge is -2.21. The van der Waals surface area contributed by atoms with Gasteiger partial charge in [-0.1, -0.05) is 56.3 Å². The Morgan fingerprint density at radius 3 is 2.26 bits per heavy atom. The van der Waals surface area contributed by atoms with Crippen molar-refractivity contribution in [2.45, 2.75) is 45.9 Å². The largest absolute Gasteiger partial charge is 0.445 e. The summed E-state index contributed by atoms with van der Waals surface area (Å²) in [7, 11) is 0. The van der Waals surface area contributed by atoms with Crippen LogP contribution in [0, 0.1) is 11.8 Å². The first-order valence-corrected chi connectivity index (χ1v) is 10.6. The number of anilines is 1. The molecule has 0 aliphatic heterocycles. The molecule has 31 heavy (non-hydrogen) atoms. The SMILES string of the molecule is CC(C)C(NC(=O)OCc1ccccc1)C(=O)NCc1ccc(NC(=O)C2CC2)cc1. The van der Waals surface area contributed by atoms with Gasteiger partial charge in [0.25, 0.3) is 0 Å². The third kappa shape index (κ3) is 7.13. The zero-order valence-electron chi connectivity index (χ0n) is 17.9. The molecule has 1 fully saturated rings. The molecular weight excluding hydrogens is 394 g/mol. The zero-order chi connectivity index (χ0) is 22.2. The molecule has 2 aromatic rings. The molecule has 0 saturated heterocycles. The highest BCUT2D eigenvalue weighted by molar-refractivity contribution is 5.94. The average molecular weight is 424 g/mol. The molecule has 1 atom stereocenters. The number of hydrogen-bond donors (Lipinski definition) is 3. The van der Waals surface area contributed by atoms with Gasteiger partial charge < -0.3 is 20.7 Å². The van der Waals surface area contributed by atoms with Crippen LogP contribution in [0.3, 0.4) is 0 Å². The Hall–Kier alpha value is -3.35. The Kier molecular flexibility index (Phi) is 7.65. The Morgan fingerprint density at radius 2 is 1.65 bits per heavy atom. The lowest BCUT2D eigenvalue weighted by Crippen LogP contribution is -2.49. The number of amides is 3. The van der Waals surface area contributed by atoms with Crippen LogP contribution in [0.25, 0.3) is 0 Å². The molecular formula is C24H29N3O4. The number of rotatable bonds is 9. The number of carbonyl (C=O) groups excluding carboxylic acids is 3. The van der Waals surface area contributed by atoms with Crippen molar-refractivity contribution in [1.29, 1.82) is 0 Å². The Labute approximate surface area is 182 Å². The van der Waals surface area contributed by atoms with Gasteiger partial charge in [0.2, 0.25) is 11.8 Å². The monoisotopic (exact) mass is 423 g/mol. The molecule has 1 aliphatic rings.